The quantitative estimate of drug-likeness (QED) is 0.468. The number of ether oxygens (including phenoxy) is 1. The molecule has 2 aromatic rings. The lowest BCUT2D eigenvalue weighted by atomic mass is 9.91. The lowest BCUT2D eigenvalue weighted by molar-refractivity contribution is -0.123. The number of carbonyl (C=O) groups is 1. The van der Waals surface area contributed by atoms with E-state index >= 15 is 0 Å². The molecule has 9 heteroatoms. The van der Waals surface area contributed by atoms with Crippen molar-refractivity contribution in [3.8, 4) is 0 Å². The Bertz CT molecular complexity index is 1220. The Kier molecular flexibility index (Phi) is 6.52. The number of carbonyl (C=O) groups excluding carboxylic acids is 1. The Morgan fingerprint density at radius 1 is 1.26 bits per heavy atom. The molecular formula is C25H30N4O3S2. The SMILES string of the molecule is Cc1cccn2c(=O)c(/C=C3/SC(=S)N(C[C@@H]4CCCO4)C3=O)c(N3C[C@H](C)C[C@@H](C)C3)nc12. The highest BCUT2D eigenvalue weighted by Crippen LogP contribution is 2.35. The summed E-state index contributed by atoms with van der Waals surface area (Å²) in [4.78, 5) is 36.3. The molecule has 0 saturated carbocycles. The molecule has 3 fully saturated rings. The average Bonchev–Trinajstić information content (AvgIpc) is 3.39. The molecule has 5 rings (SSSR count). The Hall–Kier alpha value is -2.23. The molecule has 7 nitrogen and oxygen atoms in total. The summed E-state index contributed by atoms with van der Waals surface area (Å²) in [5.74, 6) is 1.49. The summed E-state index contributed by atoms with van der Waals surface area (Å²) in [5.41, 5.74) is 1.87. The first-order chi connectivity index (χ1) is 16.3. The van der Waals surface area contributed by atoms with Gasteiger partial charge in [-0.2, -0.15) is 0 Å². The van der Waals surface area contributed by atoms with Crippen LogP contribution in [-0.2, 0) is 9.53 Å². The van der Waals surface area contributed by atoms with Crippen LogP contribution in [0.3, 0.4) is 0 Å². The van der Waals surface area contributed by atoms with Crippen molar-refractivity contribution < 1.29 is 9.53 Å². The third-order valence-corrected chi connectivity index (χ3v) is 8.17. The minimum Gasteiger partial charge on any atom is -0.376 e. The fraction of sp³-hybridized carbons (Fsp3) is 0.520. The van der Waals surface area contributed by atoms with Crippen LogP contribution in [-0.4, -0.2) is 56.9 Å². The minimum absolute atomic E-state index is 0.0182. The fourth-order valence-electron chi connectivity index (χ4n) is 5.28. The summed E-state index contributed by atoms with van der Waals surface area (Å²) >= 11 is 6.78. The summed E-state index contributed by atoms with van der Waals surface area (Å²) in [7, 11) is 0. The smallest absolute Gasteiger partial charge is 0.267 e. The summed E-state index contributed by atoms with van der Waals surface area (Å²) in [6.07, 6.45) is 6.55. The van der Waals surface area contributed by atoms with Crippen LogP contribution < -0.4 is 10.5 Å². The van der Waals surface area contributed by atoms with E-state index in [1.807, 2.05) is 19.1 Å². The standard InChI is InChI=1S/C25H30N4O3S2/c1-15-10-16(2)13-27(12-15)22-19(23(30)28-8-4-6-17(3)21(28)26-22)11-20-24(31)29(25(33)34-20)14-18-7-5-9-32-18/h4,6,8,11,15-16,18H,5,7,9-10,12-14H2,1-3H3/b20-11+/t15-,16-,18+/m1/s1. The average molecular weight is 499 g/mol. The normalized spacial score (nSPS) is 26.9. The van der Waals surface area contributed by atoms with Crippen molar-refractivity contribution in [1.82, 2.24) is 14.3 Å². The second-order valence-corrected chi connectivity index (χ2v) is 11.5. The molecule has 0 unspecified atom stereocenters. The molecule has 0 aromatic carbocycles. The molecule has 3 aliphatic rings. The molecule has 0 bridgehead atoms. The third kappa shape index (κ3) is 4.41. The van der Waals surface area contributed by atoms with Gasteiger partial charge in [0.1, 0.15) is 15.8 Å². The number of amides is 1. The first-order valence-corrected chi connectivity index (χ1v) is 13.2. The molecule has 34 heavy (non-hydrogen) atoms. The predicted molar refractivity (Wildman–Crippen MR) is 140 cm³/mol. The fourth-order valence-corrected chi connectivity index (χ4v) is 6.54. The van der Waals surface area contributed by atoms with Gasteiger partial charge in [0, 0.05) is 25.9 Å². The van der Waals surface area contributed by atoms with Crippen molar-refractivity contribution in [1.29, 1.82) is 0 Å². The molecule has 3 aliphatic heterocycles. The van der Waals surface area contributed by atoms with E-state index in [9.17, 15) is 9.59 Å². The number of fused-ring (bicyclic) bond motifs is 1. The predicted octanol–water partition coefficient (Wildman–Crippen LogP) is 3.87. The number of thiocarbonyl (C=S) groups is 1. The lowest BCUT2D eigenvalue weighted by Gasteiger charge is -2.36. The first-order valence-electron chi connectivity index (χ1n) is 12.0. The van der Waals surface area contributed by atoms with E-state index in [2.05, 4.69) is 18.7 Å². The summed E-state index contributed by atoms with van der Waals surface area (Å²) in [6, 6.07) is 3.81. The van der Waals surface area contributed by atoms with Crippen molar-refractivity contribution in [2.45, 2.75) is 46.1 Å². The second-order valence-electron chi connectivity index (χ2n) is 9.82. The van der Waals surface area contributed by atoms with Gasteiger partial charge in [-0.25, -0.2) is 4.98 Å². The van der Waals surface area contributed by atoms with E-state index in [1.165, 1.54) is 11.8 Å². The number of aryl methyl sites for hydroxylation is 1. The van der Waals surface area contributed by atoms with E-state index in [-0.39, 0.29) is 17.6 Å². The van der Waals surface area contributed by atoms with E-state index in [4.69, 9.17) is 21.9 Å². The molecule has 5 heterocycles. The zero-order valence-corrected chi connectivity index (χ0v) is 21.5. The van der Waals surface area contributed by atoms with Gasteiger partial charge in [0.15, 0.2) is 0 Å². The van der Waals surface area contributed by atoms with Gasteiger partial charge in [-0.1, -0.05) is 43.9 Å². The van der Waals surface area contributed by atoms with Gasteiger partial charge >= 0.3 is 0 Å². The van der Waals surface area contributed by atoms with Gasteiger partial charge in [-0.3, -0.25) is 18.9 Å². The van der Waals surface area contributed by atoms with Gasteiger partial charge in [-0.15, -0.1) is 0 Å². The molecule has 3 saturated heterocycles. The number of anilines is 1. The molecule has 0 aliphatic carbocycles. The van der Waals surface area contributed by atoms with Crippen LogP contribution in [0.1, 0.15) is 44.2 Å². The maximum absolute atomic E-state index is 13.7. The third-order valence-electron chi connectivity index (χ3n) is 6.79. The molecule has 2 aromatic heterocycles. The number of nitrogens with zero attached hydrogens (tertiary/aromatic N) is 4. The zero-order valence-electron chi connectivity index (χ0n) is 19.8. The highest BCUT2D eigenvalue weighted by atomic mass is 32.2. The van der Waals surface area contributed by atoms with Crippen molar-refractivity contribution >= 4 is 51.7 Å². The Labute approximate surface area is 209 Å². The van der Waals surface area contributed by atoms with Crippen molar-refractivity contribution in [2.75, 3.05) is 31.1 Å². The van der Waals surface area contributed by atoms with Gasteiger partial charge < -0.3 is 9.64 Å². The molecular weight excluding hydrogens is 468 g/mol. The highest BCUT2D eigenvalue weighted by molar-refractivity contribution is 8.26. The van der Waals surface area contributed by atoms with Crippen LogP contribution in [0, 0.1) is 18.8 Å². The molecule has 3 atom stereocenters. The highest BCUT2D eigenvalue weighted by Gasteiger charge is 2.35. The van der Waals surface area contributed by atoms with Crippen LogP contribution in [0.2, 0.25) is 0 Å². The number of thioether (sulfide) groups is 1. The summed E-state index contributed by atoms with van der Waals surface area (Å²) < 4.78 is 7.80. The van der Waals surface area contributed by atoms with Crippen LogP contribution in [0.5, 0.6) is 0 Å². The van der Waals surface area contributed by atoms with Crippen molar-refractivity contribution in [3.63, 3.8) is 0 Å². The molecule has 1 amide bonds. The maximum Gasteiger partial charge on any atom is 0.267 e. The number of hydrogen-bond donors (Lipinski definition) is 0. The zero-order chi connectivity index (χ0) is 24.0. The van der Waals surface area contributed by atoms with E-state index < -0.39 is 0 Å². The van der Waals surface area contributed by atoms with Crippen LogP contribution >= 0.6 is 24.0 Å². The van der Waals surface area contributed by atoms with Gasteiger partial charge in [0.25, 0.3) is 11.5 Å². The van der Waals surface area contributed by atoms with Crippen LogP contribution in [0.25, 0.3) is 11.7 Å². The van der Waals surface area contributed by atoms with Gasteiger partial charge in [0.05, 0.1) is 23.1 Å². The van der Waals surface area contributed by atoms with E-state index in [0.717, 1.165) is 44.5 Å². The summed E-state index contributed by atoms with van der Waals surface area (Å²) in [6.45, 7) is 9.28. The van der Waals surface area contributed by atoms with E-state index in [0.29, 0.717) is 44.6 Å². The largest absolute Gasteiger partial charge is 0.376 e. The van der Waals surface area contributed by atoms with Crippen molar-refractivity contribution in [2.24, 2.45) is 11.8 Å². The minimum atomic E-state index is -0.168. The number of pyridine rings is 1. The molecule has 0 spiro atoms. The van der Waals surface area contributed by atoms with Crippen LogP contribution in [0.15, 0.2) is 28.0 Å². The van der Waals surface area contributed by atoms with E-state index in [1.54, 1.807) is 21.6 Å². The number of hydrogen-bond acceptors (Lipinski definition) is 7. The topological polar surface area (TPSA) is 67.2 Å². The molecule has 0 N–H and O–H groups in total. The van der Waals surface area contributed by atoms with Gasteiger partial charge in [-0.05, 0) is 55.7 Å². The molecule has 0 radical (unpaired) electrons. The Morgan fingerprint density at radius 2 is 2.03 bits per heavy atom. The number of piperidine rings is 1. The lowest BCUT2D eigenvalue weighted by Crippen LogP contribution is -2.40. The number of rotatable bonds is 4. The second kappa shape index (κ2) is 9.43. The molecule has 180 valence electrons. The van der Waals surface area contributed by atoms with Gasteiger partial charge in [0.2, 0.25) is 0 Å². The van der Waals surface area contributed by atoms with Crippen molar-refractivity contribution in [3.05, 3.63) is 44.7 Å². The summed E-state index contributed by atoms with van der Waals surface area (Å²) in [5, 5.41) is 0. The van der Waals surface area contributed by atoms with Crippen LogP contribution in [0.4, 0.5) is 5.82 Å². The first kappa shape index (κ1) is 23.5. The Morgan fingerprint density at radius 3 is 2.74 bits per heavy atom. The number of aromatic nitrogens is 2. The maximum atomic E-state index is 13.7. The monoisotopic (exact) mass is 498 g/mol. The Balaban J connectivity index is 1.59.